The van der Waals surface area contributed by atoms with Gasteiger partial charge in [0.15, 0.2) is 0 Å². The third kappa shape index (κ3) is 6.52. The monoisotopic (exact) mass is 541 g/mol. The predicted octanol–water partition coefficient (Wildman–Crippen LogP) is 4.82. The number of carbonyl (C=O) groups is 1. The molecule has 0 heterocycles. The lowest BCUT2D eigenvalue weighted by atomic mass is 10.1. The molecule has 0 saturated heterocycles. The van der Waals surface area contributed by atoms with Crippen LogP contribution < -0.4 is 9.62 Å². The van der Waals surface area contributed by atoms with Crippen LogP contribution in [-0.2, 0) is 27.4 Å². The molecule has 0 aromatic heterocycles. The van der Waals surface area contributed by atoms with Crippen molar-refractivity contribution in [1.29, 1.82) is 0 Å². The molecule has 1 N–H and O–H groups in total. The second-order valence-electron chi connectivity index (χ2n) is 7.52. The number of benzene rings is 3. The second kappa shape index (κ2) is 11.0. The SMILES string of the molecule is O=C(CN(c1cccc(C(F)(F)F)c1)S(=O)(=O)c1ccc(Cl)c([N+](=O)[O-])c1)NCCc1ccccc1. The normalized spacial score (nSPS) is 11.7. The summed E-state index contributed by atoms with van der Waals surface area (Å²) >= 11 is 5.76. The minimum atomic E-state index is -4.78. The highest BCUT2D eigenvalue weighted by Crippen LogP contribution is 2.34. The van der Waals surface area contributed by atoms with Gasteiger partial charge in [-0.05, 0) is 42.3 Å². The first kappa shape index (κ1) is 27.0. The molecule has 13 heteroatoms. The second-order valence-corrected chi connectivity index (χ2v) is 9.79. The molecular weight excluding hydrogens is 523 g/mol. The Morgan fingerprint density at radius 2 is 1.72 bits per heavy atom. The van der Waals surface area contributed by atoms with Gasteiger partial charge in [-0.1, -0.05) is 48.0 Å². The van der Waals surface area contributed by atoms with Crippen LogP contribution in [0.4, 0.5) is 24.5 Å². The number of rotatable bonds is 9. The molecule has 36 heavy (non-hydrogen) atoms. The Morgan fingerprint density at radius 3 is 2.36 bits per heavy atom. The van der Waals surface area contributed by atoms with Crippen LogP contribution >= 0.6 is 11.6 Å². The Balaban J connectivity index is 1.95. The van der Waals surface area contributed by atoms with E-state index in [9.17, 15) is 36.5 Å². The molecule has 0 aliphatic heterocycles. The van der Waals surface area contributed by atoms with Gasteiger partial charge in [0, 0.05) is 12.6 Å². The fourth-order valence-electron chi connectivity index (χ4n) is 3.25. The van der Waals surface area contributed by atoms with E-state index in [-0.39, 0.29) is 11.6 Å². The summed E-state index contributed by atoms with van der Waals surface area (Å²) in [6, 6.07) is 15.2. The van der Waals surface area contributed by atoms with E-state index < -0.39 is 55.4 Å². The number of nitrogens with one attached hydrogen (secondary N) is 1. The van der Waals surface area contributed by atoms with E-state index in [0.717, 1.165) is 35.9 Å². The molecular formula is C23H19ClF3N3O5S. The first-order chi connectivity index (χ1) is 16.9. The van der Waals surface area contributed by atoms with Gasteiger partial charge in [0.1, 0.15) is 11.6 Å². The summed E-state index contributed by atoms with van der Waals surface area (Å²) < 4.78 is 67.2. The topological polar surface area (TPSA) is 110 Å². The van der Waals surface area contributed by atoms with Gasteiger partial charge in [-0.2, -0.15) is 13.2 Å². The Labute approximate surface area is 209 Å². The van der Waals surface area contributed by atoms with Crippen LogP contribution in [0.3, 0.4) is 0 Å². The number of hydrogen-bond acceptors (Lipinski definition) is 5. The van der Waals surface area contributed by atoms with Gasteiger partial charge >= 0.3 is 6.18 Å². The van der Waals surface area contributed by atoms with Crippen LogP contribution in [0.15, 0.2) is 77.7 Å². The van der Waals surface area contributed by atoms with Crippen molar-refractivity contribution in [2.75, 3.05) is 17.4 Å². The molecule has 3 aromatic carbocycles. The molecule has 0 atom stereocenters. The van der Waals surface area contributed by atoms with Crippen molar-refractivity contribution in [3.05, 3.63) is 99.1 Å². The zero-order valence-electron chi connectivity index (χ0n) is 18.4. The minimum absolute atomic E-state index is 0.145. The minimum Gasteiger partial charge on any atom is -0.354 e. The van der Waals surface area contributed by atoms with Crippen LogP contribution in [-0.4, -0.2) is 32.3 Å². The number of anilines is 1. The van der Waals surface area contributed by atoms with E-state index in [1.165, 1.54) is 0 Å². The van der Waals surface area contributed by atoms with Gasteiger partial charge < -0.3 is 5.32 Å². The standard InChI is InChI=1S/C23H19ClF3N3O5S/c24-20-10-9-19(14-21(20)30(32)33)36(34,35)29(18-8-4-7-17(13-18)23(25,26)27)15-22(31)28-12-11-16-5-2-1-3-6-16/h1-10,13-14H,11-12,15H2,(H,28,31). The number of hydrogen-bond donors (Lipinski definition) is 1. The number of halogens is 4. The Hall–Kier alpha value is -3.64. The van der Waals surface area contributed by atoms with Crippen molar-refractivity contribution in [2.45, 2.75) is 17.5 Å². The van der Waals surface area contributed by atoms with Gasteiger partial charge in [0.05, 0.1) is 21.1 Å². The summed E-state index contributed by atoms with van der Waals surface area (Å²) in [5, 5.41) is 13.4. The zero-order valence-corrected chi connectivity index (χ0v) is 20.0. The molecule has 0 radical (unpaired) electrons. The molecule has 3 rings (SSSR count). The number of alkyl halides is 3. The highest BCUT2D eigenvalue weighted by Gasteiger charge is 2.34. The molecule has 0 fully saturated rings. The molecule has 0 saturated carbocycles. The van der Waals surface area contributed by atoms with Crippen LogP contribution in [0.5, 0.6) is 0 Å². The molecule has 0 aliphatic rings. The van der Waals surface area contributed by atoms with Crippen molar-refractivity contribution in [3.8, 4) is 0 Å². The molecule has 8 nitrogen and oxygen atoms in total. The Bertz CT molecular complexity index is 1370. The van der Waals surface area contributed by atoms with Crippen LogP contribution in [0.2, 0.25) is 5.02 Å². The Kier molecular flexibility index (Phi) is 8.21. The lowest BCUT2D eigenvalue weighted by molar-refractivity contribution is -0.384. The maximum Gasteiger partial charge on any atom is 0.416 e. The maximum atomic E-state index is 13.4. The molecule has 1 amide bonds. The van der Waals surface area contributed by atoms with E-state index in [0.29, 0.717) is 22.9 Å². The van der Waals surface area contributed by atoms with Gasteiger partial charge in [-0.25, -0.2) is 8.42 Å². The summed E-state index contributed by atoms with van der Waals surface area (Å²) in [5.74, 6) is -0.782. The van der Waals surface area contributed by atoms with E-state index in [4.69, 9.17) is 11.6 Å². The lowest BCUT2D eigenvalue weighted by Crippen LogP contribution is -2.41. The number of carbonyl (C=O) groups excluding carboxylic acids is 1. The predicted molar refractivity (Wildman–Crippen MR) is 127 cm³/mol. The van der Waals surface area contributed by atoms with Crippen molar-refractivity contribution in [3.63, 3.8) is 0 Å². The largest absolute Gasteiger partial charge is 0.416 e. The van der Waals surface area contributed by atoms with Crippen molar-refractivity contribution >= 4 is 38.9 Å². The number of nitro groups is 1. The highest BCUT2D eigenvalue weighted by molar-refractivity contribution is 7.92. The highest BCUT2D eigenvalue weighted by atomic mass is 35.5. The number of sulfonamides is 1. The fourth-order valence-corrected chi connectivity index (χ4v) is 4.87. The Morgan fingerprint density at radius 1 is 1.03 bits per heavy atom. The lowest BCUT2D eigenvalue weighted by Gasteiger charge is -2.25. The smallest absolute Gasteiger partial charge is 0.354 e. The maximum absolute atomic E-state index is 13.4. The third-order valence-electron chi connectivity index (χ3n) is 5.03. The van der Waals surface area contributed by atoms with Gasteiger partial charge in [-0.3, -0.25) is 19.2 Å². The molecule has 0 aliphatic carbocycles. The first-order valence-corrected chi connectivity index (χ1v) is 12.2. The quantitative estimate of drug-likeness (QED) is 0.308. The van der Waals surface area contributed by atoms with E-state index in [1.807, 2.05) is 30.3 Å². The first-order valence-electron chi connectivity index (χ1n) is 10.3. The van der Waals surface area contributed by atoms with E-state index in [2.05, 4.69) is 5.32 Å². The summed E-state index contributed by atoms with van der Waals surface area (Å²) in [4.78, 5) is 22.4. The molecule has 0 spiro atoms. The average molecular weight is 542 g/mol. The fraction of sp³-hybridized carbons (Fsp3) is 0.174. The number of nitro benzene ring substituents is 1. The van der Waals surface area contributed by atoms with Gasteiger partial charge in [0.25, 0.3) is 15.7 Å². The zero-order chi connectivity index (χ0) is 26.5. The van der Waals surface area contributed by atoms with Gasteiger partial charge in [-0.15, -0.1) is 0 Å². The van der Waals surface area contributed by atoms with Crippen molar-refractivity contribution in [2.24, 2.45) is 0 Å². The van der Waals surface area contributed by atoms with Gasteiger partial charge in [0.2, 0.25) is 5.91 Å². The van der Waals surface area contributed by atoms with Crippen LogP contribution in [0, 0.1) is 10.1 Å². The van der Waals surface area contributed by atoms with E-state index >= 15 is 0 Å². The molecule has 0 unspecified atom stereocenters. The number of nitrogens with zero attached hydrogens (tertiary/aromatic N) is 2. The van der Waals surface area contributed by atoms with Crippen LogP contribution in [0.25, 0.3) is 0 Å². The summed E-state index contributed by atoms with van der Waals surface area (Å²) in [6.45, 7) is -0.722. The molecule has 0 bridgehead atoms. The number of amides is 1. The van der Waals surface area contributed by atoms with E-state index in [1.54, 1.807) is 0 Å². The molecule has 190 valence electrons. The summed E-state index contributed by atoms with van der Waals surface area (Å²) in [6.07, 6.45) is -4.34. The molecule has 3 aromatic rings. The third-order valence-corrected chi connectivity index (χ3v) is 7.12. The summed E-state index contributed by atoms with van der Waals surface area (Å²) in [5.41, 5.74) is -1.38. The summed E-state index contributed by atoms with van der Waals surface area (Å²) in [7, 11) is -4.72. The van der Waals surface area contributed by atoms with Crippen molar-refractivity contribution in [1.82, 2.24) is 5.32 Å². The van der Waals surface area contributed by atoms with Crippen LogP contribution in [0.1, 0.15) is 11.1 Å². The van der Waals surface area contributed by atoms with Crippen molar-refractivity contribution < 1.29 is 31.3 Å². The average Bonchev–Trinajstić information content (AvgIpc) is 2.82.